The van der Waals surface area contributed by atoms with Crippen LogP contribution in [0.3, 0.4) is 0 Å². The Morgan fingerprint density at radius 2 is 1.53 bits per heavy atom. The number of carbonyl (C=O) groups is 6. The molecule has 3 aromatic rings. The topological polar surface area (TPSA) is 184 Å². The van der Waals surface area contributed by atoms with Crippen LogP contribution in [-0.2, 0) is 41.6 Å². The molecule has 3 aromatic carbocycles. The maximum atomic E-state index is 14.6. The molecule has 6 atom stereocenters. The molecule has 62 heavy (non-hydrogen) atoms. The van der Waals surface area contributed by atoms with Crippen molar-refractivity contribution in [2.45, 2.75) is 110 Å². The van der Waals surface area contributed by atoms with Gasteiger partial charge in [0.1, 0.15) is 48.2 Å². The van der Waals surface area contributed by atoms with Gasteiger partial charge in [-0.15, -0.1) is 13.0 Å². The van der Waals surface area contributed by atoms with Gasteiger partial charge in [0.25, 0.3) is 0 Å². The standard InChI is InChI=1S/C48H61N5O9/c1-11-15-33-28-39(53(29-33)44(57)40(47(4,5)6)51-41(54)30(3)52(10)46(60)62-48(7,8)9)43(56)49-37(27-32-18-21-34-16-13-14-17-35(34)25-32)42(55)50-38(45(58)59)26-31-19-22-36(23-20-31)61-24-12-2/h2,11,13-14,16-23,25,30,33,37-40H,1,15,24,26-29H2,3-10H3,(H,49,56)(H,50,55)(H,51,54)(H,58,59)/t30?,33-,37?,38?,39-,40?/m0/s1. The van der Waals surface area contributed by atoms with E-state index in [9.17, 15) is 33.9 Å². The van der Waals surface area contributed by atoms with Crippen LogP contribution in [0.2, 0.25) is 0 Å². The molecular weight excluding hydrogens is 791 g/mol. The molecule has 1 fully saturated rings. The van der Waals surface area contributed by atoms with Gasteiger partial charge in [-0.2, -0.15) is 0 Å². The van der Waals surface area contributed by atoms with Gasteiger partial charge in [-0.05, 0) is 85.9 Å². The first-order valence-corrected chi connectivity index (χ1v) is 20.8. The van der Waals surface area contributed by atoms with E-state index in [1.54, 1.807) is 71.9 Å². The van der Waals surface area contributed by atoms with Crippen molar-refractivity contribution in [1.29, 1.82) is 0 Å². The molecule has 5 amide bonds. The highest BCUT2D eigenvalue weighted by Gasteiger charge is 2.46. The SMILES string of the molecule is C#CCOc1ccc(CC(NC(=O)C(Cc2ccc3ccccc3c2)NC(=O)[C@@H]2C[C@H](CC=C)CN2C(=O)C(NC(=O)C(C)N(C)C(=O)OC(C)(C)C)C(C)(C)C)C(=O)O)cc1. The number of carboxylic acids is 1. The lowest BCUT2D eigenvalue weighted by molar-refractivity contribution is -0.145. The monoisotopic (exact) mass is 851 g/mol. The number of terminal acetylenes is 1. The molecule has 0 bridgehead atoms. The Balaban J connectivity index is 1.62. The minimum absolute atomic E-state index is 0.0104. The van der Waals surface area contributed by atoms with Crippen molar-refractivity contribution in [3.8, 4) is 18.1 Å². The van der Waals surface area contributed by atoms with Crippen LogP contribution in [0.15, 0.2) is 79.4 Å². The van der Waals surface area contributed by atoms with Crippen LogP contribution in [0.1, 0.15) is 72.4 Å². The Hall–Kier alpha value is -6.36. The zero-order valence-electron chi connectivity index (χ0n) is 37.0. The first-order valence-electron chi connectivity index (χ1n) is 20.8. The highest BCUT2D eigenvalue weighted by atomic mass is 16.6. The molecule has 332 valence electrons. The molecule has 1 saturated heterocycles. The summed E-state index contributed by atoms with van der Waals surface area (Å²) in [5, 5.41) is 20.5. The molecular formula is C48H61N5O9. The first kappa shape index (κ1) is 48.3. The van der Waals surface area contributed by atoms with E-state index in [-0.39, 0.29) is 38.3 Å². The Bertz CT molecular complexity index is 2150. The van der Waals surface area contributed by atoms with E-state index in [1.807, 2.05) is 42.5 Å². The van der Waals surface area contributed by atoms with E-state index in [0.29, 0.717) is 23.3 Å². The number of carboxylic acid groups (broad SMARTS) is 1. The second kappa shape index (κ2) is 20.9. The molecule has 4 N–H and O–H groups in total. The van der Waals surface area contributed by atoms with Gasteiger partial charge in [-0.25, -0.2) is 9.59 Å². The number of benzene rings is 3. The largest absolute Gasteiger partial charge is 0.481 e. The van der Waals surface area contributed by atoms with Crippen molar-refractivity contribution >= 4 is 46.5 Å². The van der Waals surface area contributed by atoms with Crippen molar-refractivity contribution in [3.05, 3.63) is 90.5 Å². The fourth-order valence-electron chi connectivity index (χ4n) is 7.20. The Kier molecular flexibility index (Phi) is 16.3. The number of aliphatic carboxylic acids is 1. The number of likely N-dealkylation sites (tertiary alicyclic amines) is 1. The van der Waals surface area contributed by atoms with E-state index in [4.69, 9.17) is 15.9 Å². The summed E-state index contributed by atoms with van der Waals surface area (Å²) >= 11 is 0. The maximum absolute atomic E-state index is 14.6. The average molecular weight is 852 g/mol. The molecule has 1 aliphatic heterocycles. The molecule has 0 saturated carbocycles. The van der Waals surface area contributed by atoms with Crippen molar-refractivity contribution in [2.75, 3.05) is 20.2 Å². The number of allylic oxidation sites excluding steroid dienone is 1. The summed E-state index contributed by atoms with van der Waals surface area (Å²) in [6.45, 7) is 16.1. The van der Waals surface area contributed by atoms with Crippen LogP contribution in [-0.4, -0.2) is 107 Å². The zero-order valence-corrected chi connectivity index (χ0v) is 37.0. The highest BCUT2D eigenvalue weighted by molar-refractivity contribution is 5.96. The van der Waals surface area contributed by atoms with E-state index in [0.717, 1.165) is 15.7 Å². The molecule has 14 heteroatoms. The predicted octanol–water partition coefficient (Wildman–Crippen LogP) is 5.27. The van der Waals surface area contributed by atoms with E-state index < -0.39 is 76.9 Å². The van der Waals surface area contributed by atoms with Crippen molar-refractivity contribution < 1.29 is 43.3 Å². The normalized spacial score (nSPS) is 17.0. The fourth-order valence-corrected chi connectivity index (χ4v) is 7.20. The van der Waals surface area contributed by atoms with E-state index >= 15 is 0 Å². The van der Waals surface area contributed by atoms with Crippen LogP contribution >= 0.6 is 0 Å². The lowest BCUT2D eigenvalue weighted by Crippen LogP contribution is -2.61. The minimum atomic E-state index is -1.36. The molecule has 1 heterocycles. The third kappa shape index (κ3) is 13.3. The number of nitrogens with zero attached hydrogens (tertiary/aromatic N) is 2. The van der Waals surface area contributed by atoms with Gasteiger partial charge < -0.3 is 35.4 Å². The first-order chi connectivity index (χ1) is 29.1. The van der Waals surface area contributed by atoms with Crippen molar-refractivity contribution in [3.63, 3.8) is 0 Å². The molecule has 0 aromatic heterocycles. The number of fused-ring (bicyclic) bond motifs is 1. The van der Waals surface area contributed by atoms with Gasteiger partial charge >= 0.3 is 12.1 Å². The zero-order chi connectivity index (χ0) is 45.9. The lowest BCUT2D eigenvalue weighted by Gasteiger charge is -2.37. The molecule has 0 spiro atoms. The summed E-state index contributed by atoms with van der Waals surface area (Å²) in [5.74, 6) is -0.990. The van der Waals surface area contributed by atoms with Crippen LogP contribution < -0.4 is 20.7 Å². The Morgan fingerprint density at radius 3 is 2.13 bits per heavy atom. The third-order valence-corrected chi connectivity index (χ3v) is 10.7. The lowest BCUT2D eigenvalue weighted by atomic mass is 9.85. The molecule has 0 aliphatic carbocycles. The van der Waals surface area contributed by atoms with Gasteiger partial charge in [-0.3, -0.25) is 24.1 Å². The quantitative estimate of drug-likeness (QED) is 0.104. The minimum Gasteiger partial charge on any atom is -0.481 e. The van der Waals surface area contributed by atoms with Crippen molar-refractivity contribution in [1.82, 2.24) is 25.8 Å². The smallest absolute Gasteiger partial charge is 0.410 e. The Labute approximate surface area is 364 Å². The number of nitrogens with one attached hydrogen (secondary N) is 3. The van der Waals surface area contributed by atoms with Crippen LogP contribution in [0.5, 0.6) is 5.75 Å². The van der Waals surface area contributed by atoms with E-state index in [1.165, 1.54) is 18.9 Å². The van der Waals surface area contributed by atoms with Gasteiger partial charge in [0.15, 0.2) is 0 Å². The second-order valence-corrected chi connectivity index (χ2v) is 17.9. The fraction of sp³-hybridized carbons (Fsp3) is 0.458. The molecule has 4 unspecified atom stereocenters. The number of hydrogen-bond acceptors (Lipinski definition) is 8. The summed E-state index contributed by atoms with van der Waals surface area (Å²) in [6, 6.07) is 14.2. The van der Waals surface area contributed by atoms with Crippen LogP contribution in [0.4, 0.5) is 4.79 Å². The summed E-state index contributed by atoms with van der Waals surface area (Å²) in [5.41, 5.74) is -0.310. The molecule has 0 radical (unpaired) electrons. The van der Waals surface area contributed by atoms with Gasteiger partial charge in [0, 0.05) is 26.4 Å². The van der Waals surface area contributed by atoms with Gasteiger partial charge in [0.2, 0.25) is 23.6 Å². The predicted molar refractivity (Wildman–Crippen MR) is 237 cm³/mol. The van der Waals surface area contributed by atoms with Gasteiger partial charge in [0.05, 0.1) is 0 Å². The molecule has 14 nitrogen and oxygen atoms in total. The second-order valence-electron chi connectivity index (χ2n) is 17.9. The molecule has 4 rings (SSSR count). The summed E-state index contributed by atoms with van der Waals surface area (Å²) in [7, 11) is 1.44. The average Bonchev–Trinajstić information content (AvgIpc) is 3.64. The summed E-state index contributed by atoms with van der Waals surface area (Å²) in [6.07, 6.45) is 6.97. The Morgan fingerprint density at radius 1 is 0.903 bits per heavy atom. The number of carbonyl (C=O) groups excluding carboxylic acids is 5. The summed E-state index contributed by atoms with van der Waals surface area (Å²) in [4.78, 5) is 85.0. The van der Waals surface area contributed by atoms with Crippen LogP contribution in [0, 0.1) is 23.7 Å². The molecule has 1 aliphatic rings. The number of rotatable bonds is 17. The third-order valence-electron chi connectivity index (χ3n) is 10.7. The number of hydrogen-bond donors (Lipinski definition) is 4. The number of amides is 5. The van der Waals surface area contributed by atoms with Crippen LogP contribution in [0.25, 0.3) is 10.8 Å². The van der Waals surface area contributed by atoms with E-state index in [2.05, 4.69) is 28.4 Å². The highest BCUT2D eigenvalue weighted by Crippen LogP contribution is 2.31. The van der Waals surface area contributed by atoms with Crippen molar-refractivity contribution in [2.24, 2.45) is 11.3 Å². The van der Waals surface area contributed by atoms with Gasteiger partial charge in [-0.1, -0.05) is 87.4 Å². The summed E-state index contributed by atoms with van der Waals surface area (Å²) < 4.78 is 10.9. The number of likely N-dealkylation sites (N-methyl/N-ethyl adjacent to an activating group) is 1. The number of ether oxygens (including phenoxy) is 2. The maximum Gasteiger partial charge on any atom is 0.410 e.